The van der Waals surface area contributed by atoms with Crippen LogP contribution in [0.25, 0.3) is 11.5 Å². The molecule has 3 aromatic rings. The fourth-order valence-electron chi connectivity index (χ4n) is 2.64. The second kappa shape index (κ2) is 8.22. The predicted octanol–water partition coefficient (Wildman–Crippen LogP) is 4.30. The Labute approximate surface area is 165 Å². The number of hydrogen-bond donors (Lipinski definition) is 1. The van der Waals surface area contributed by atoms with E-state index >= 15 is 0 Å². The summed E-state index contributed by atoms with van der Waals surface area (Å²) in [6.07, 6.45) is 0. The maximum atomic E-state index is 12.3. The molecule has 0 aliphatic carbocycles. The number of thioether (sulfide) groups is 1. The van der Waals surface area contributed by atoms with Gasteiger partial charge in [0.25, 0.3) is 10.9 Å². The largest absolute Gasteiger partial charge is 0.411 e. The molecule has 1 amide bonds. The van der Waals surface area contributed by atoms with E-state index in [4.69, 9.17) is 4.42 Å². The number of carbonyl (C=O) groups is 1. The number of nitro groups is 1. The van der Waals surface area contributed by atoms with E-state index in [1.165, 1.54) is 6.07 Å². The Hall–Kier alpha value is -3.20. The van der Waals surface area contributed by atoms with Crippen LogP contribution in [-0.4, -0.2) is 26.8 Å². The minimum absolute atomic E-state index is 0.0139. The molecule has 0 saturated heterocycles. The van der Waals surface area contributed by atoms with Gasteiger partial charge in [0.15, 0.2) is 0 Å². The van der Waals surface area contributed by atoms with Crippen LogP contribution < -0.4 is 5.32 Å². The van der Waals surface area contributed by atoms with Crippen molar-refractivity contribution in [3.05, 3.63) is 63.2 Å². The van der Waals surface area contributed by atoms with Crippen LogP contribution in [0.5, 0.6) is 0 Å². The molecule has 0 atom stereocenters. The molecule has 2 aromatic carbocycles. The zero-order valence-electron chi connectivity index (χ0n) is 15.6. The number of carbonyl (C=O) groups excluding carboxylic acids is 1. The summed E-state index contributed by atoms with van der Waals surface area (Å²) in [5.74, 6) is -0.0388. The first-order chi connectivity index (χ1) is 13.3. The molecular weight excluding hydrogens is 380 g/mol. The van der Waals surface area contributed by atoms with Crippen molar-refractivity contribution in [2.75, 3.05) is 11.1 Å². The van der Waals surface area contributed by atoms with Crippen molar-refractivity contribution in [2.24, 2.45) is 0 Å². The van der Waals surface area contributed by atoms with Gasteiger partial charge >= 0.3 is 0 Å². The Morgan fingerprint density at radius 2 is 1.86 bits per heavy atom. The highest BCUT2D eigenvalue weighted by Gasteiger charge is 2.19. The molecule has 28 heavy (non-hydrogen) atoms. The zero-order valence-corrected chi connectivity index (χ0v) is 16.4. The summed E-state index contributed by atoms with van der Waals surface area (Å²) in [5, 5.41) is 22.0. The van der Waals surface area contributed by atoms with Crippen LogP contribution in [0.15, 0.2) is 46.0 Å². The molecule has 1 N–H and O–H groups in total. The number of aryl methyl sites for hydroxylation is 3. The number of rotatable bonds is 6. The lowest BCUT2D eigenvalue weighted by Crippen LogP contribution is -2.16. The van der Waals surface area contributed by atoms with E-state index in [-0.39, 0.29) is 22.4 Å². The summed E-state index contributed by atoms with van der Waals surface area (Å²) in [5.41, 5.74) is 3.37. The van der Waals surface area contributed by atoms with Crippen LogP contribution in [0.4, 0.5) is 11.4 Å². The van der Waals surface area contributed by atoms with E-state index < -0.39 is 10.8 Å². The maximum Gasteiger partial charge on any atom is 0.293 e. The van der Waals surface area contributed by atoms with E-state index in [1.807, 2.05) is 31.2 Å². The van der Waals surface area contributed by atoms with Crippen molar-refractivity contribution in [1.29, 1.82) is 0 Å². The Morgan fingerprint density at radius 3 is 2.54 bits per heavy atom. The number of benzene rings is 2. The number of amides is 1. The van der Waals surface area contributed by atoms with Crippen molar-refractivity contribution < 1.29 is 14.1 Å². The van der Waals surface area contributed by atoms with Gasteiger partial charge in [0.1, 0.15) is 5.69 Å². The number of nitrogens with zero attached hydrogens (tertiary/aromatic N) is 3. The van der Waals surface area contributed by atoms with Crippen LogP contribution in [-0.2, 0) is 4.79 Å². The lowest BCUT2D eigenvalue weighted by atomic mass is 10.1. The lowest BCUT2D eigenvalue weighted by molar-refractivity contribution is -0.384. The highest BCUT2D eigenvalue weighted by Crippen LogP contribution is 2.30. The van der Waals surface area contributed by atoms with E-state index in [2.05, 4.69) is 15.5 Å². The summed E-state index contributed by atoms with van der Waals surface area (Å²) in [7, 11) is 0. The fraction of sp³-hybridized carbons (Fsp3) is 0.211. The van der Waals surface area contributed by atoms with E-state index in [1.54, 1.807) is 19.9 Å². The minimum atomic E-state index is -0.505. The highest BCUT2D eigenvalue weighted by molar-refractivity contribution is 7.99. The van der Waals surface area contributed by atoms with Crippen molar-refractivity contribution >= 4 is 29.0 Å². The minimum Gasteiger partial charge on any atom is -0.411 e. The van der Waals surface area contributed by atoms with Crippen molar-refractivity contribution in [2.45, 2.75) is 26.0 Å². The Balaban J connectivity index is 1.66. The lowest BCUT2D eigenvalue weighted by Gasteiger charge is -2.09. The molecule has 144 valence electrons. The predicted molar refractivity (Wildman–Crippen MR) is 106 cm³/mol. The molecule has 1 aromatic heterocycles. The number of nitrogens with one attached hydrogen (secondary N) is 1. The summed E-state index contributed by atoms with van der Waals surface area (Å²) in [6, 6.07) is 10.9. The average Bonchev–Trinajstić information content (AvgIpc) is 3.11. The highest BCUT2D eigenvalue weighted by atomic mass is 32.2. The number of nitro benzene ring substituents is 1. The van der Waals surface area contributed by atoms with Gasteiger partial charge in [0.05, 0.1) is 10.7 Å². The maximum absolute atomic E-state index is 12.3. The third-order valence-corrected chi connectivity index (χ3v) is 4.77. The van der Waals surface area contributed by atoms with Crippen molar-refractivity contribution in [3.8, 4) is 11.5 Å². The zero-order chi connectivity index (χ0) is 20.3. The molecule has 8 nitrogen and oxygen atoms in total. The first-order valence-electron chi connectivity index (χ1n) is 8.42. The smallest absolute Gasteiger partial charge is 0.293 e. The second-order valence-corrected chi connectivity index (χ2v) is 7.24. The molecule has 0 saturated carbocycles. The van der Waals surface area contributed by atoms with Crippen LogP contribution in [0.3, 0.4) is 0 Å². The third-order valence-electron chi connectivity index (χ3n) is 3.95. The SMILES string of the molecule is Cc1ccc(-c2nnc(SCC(=O)Nc3c(C)cc(C)cc3[N+](=O)[O-])o2)cc1. The van der Waals surface area contributed by atoms with E-state index in [0.29, 0.717) is 11.5 Å². The van der Waals surface area contributed by atoms with Gasteiger partial charge in [0, 0.05) is 11.6 Å². The van der Waals surface area contributed by atoms with E-state index in [9.17, 15) is 14.9 Å². The molecular formula is C19H18N4O4S. The molecule has 0 fully saturated rings. The first kappa shape index (κ1) is 19.6. The quantitative estimate of drug-likeness (QED) is 0.374. The summed E-state index contributed by atoms with van der Waals surface area (Å²) >= 11 is 1.07. The molecule has 0 radical (unpaired) electrons. The van der Waals surface area contributed by atoms with Gasteiger partial charge in [-0.05, 0) is 44.0 Å². The molecule has 9 heteroatoms. The van der Waals surface area contributed by atoms with Crippen molar-refractivity contribution in [3.63, 3.8) is 0 Å². The van der Waals surface area contributed by atoms with Gasteiger partial charge in [0.2, 0.25) is 11.8 Å². The number of hydrogen-bond acceptors (Lipinski definition) is 7. The molecule has 1 heterocycles. The topological polar surface area (TPSA) is 111 Å². The van der Waals surface area contributed by atoms with Gasteiger partial charge in [-0.15, -0.1) is 10.2 Å². The average molecular weight is 398 g/mol. The Bertz CT molecular complexity index is 1030. The number of aromatic nitrogens is 2. The monoisotopic (exact) mass is 398 g/mol. The fourth-order valence-corrected chi connectivity index (χ4v) is 3.20. The van der Waals surface area contributed by atoms with Gasteiger partial charge in [-0.3, -0.25) is 14.9 Å². The van der Waals surface area contributed by atoms with Crippen LogP contribution >= 0.6 is 11.8 Å². The van der Waals surface area contributed by atoms with Gasteiger partial charge in [-0.1, -0.05) is 35.5 Å². The molecule has 0 aliphatic rings. The van der Waals surface area contributed by atoms with Crippen molar-refractivity contribution in [1.82, 2.24) is 10.2 Å². The normalized spacial score (nSPS) is 10.7. The van der Waals surface area contributed by atoms with Gasteiger partial charge in [-0.25, -0.2) is 0 Å². The second-order valence-electron chi connectivity index (χ2n) is 6.31. The molecule has 0 spiro atoms. The molecule has 0 aliphatic heterocycles. The summed E-state index contributed by atoms with van der Waals surface area (Å²) < 4.78 is 5.56. The van der Waals surface area contributed by atoms with E-state index in [0.717, 1.165) is 28.5 Å². The summed E-state index contributed by atoms with van der Waals surface area (Å²) in [6.45, 7) is 5.47. The Morgan fingerprint density at radius 1 is 1.14 bits per heavy atom. The first-order valence-corrected chi connectivity index (χ1v) is 9.41. The number of anilines is 1. The Kier molecular flexibility index (Phi) is 5.74. The van der Waals surface area contributed by atoms with Crippen LogP contribution in [0.1, 0.15) is 16.7 Å². The standard InChI is InChI=1S/C19H18N4O4S/c1-11-4-6-14(7-5-11)18-21-22-19(27-18)28-10-16(24)20-17-13(3)8-12(2)9-15(17)23(25)26/h4-9H,10H2,1-3H3,(H,20,24). The molecule has 3 rings (SSSR count). The van der Waals surface area contributed by atoms with Crippen LogP contribution in [0, 0.1) is 30.9 Å². The molecule has 0 unspecified atom stereocenters. The third kappa shape index (κ3) is 4.55. The van der Waals surface area contributed by atoms with Gasteiger partial charge in [-0.2, -0.15) is 0 Å². The van der Waals surface area contributed by atoms with Gasteiger partial charge < -0.3 is 9.73 Å². The molecule has 0 bridgehead atoms. The summed E-state index contributed by atoms with van der Waals surface area (Å²) in [4.78, 5) is 23.0. The van der Waals surface area contributed by atoms with Crippen LogP contribution in [0.2, 0.25) is 0 Å².